The summed E-state index contributed by atoms with van der Waals surface area (Å²) in [6.07, 6.45) is 3.49. The number of hydrogen-bond acceptors (Lipinski definition) is 6. The van der Waals surface area contributed by atoms with Crippen LogP contribution in [0.5, 0.6) is 0 Å². The Morgan fingerprint density at radius 3 is 2.53 bits per heavy atom. The molecule has 0 saturated carbocycles. The number of carbonyl (C=O) groups excluding carboxylic acids is 1. The van der Waals surface area contributed by atoms with Gasteiger partial charge in [-0.25, -0.2) is 0 Å². The Kier molecular flexibility index (Phi) is 6.09. The van der Waals surface area contributed by atoms with Crippen molar-refractivity contribution in [2.24, 2.45) is 7.05 Å². The summed E-state index contributed by atoms with van der Waals surface area (Å²) >= 11 is 1.36. The van der Waals surface area contributed by atoms with Crippen LogP contribution in [0.2, 0.25) is 0 Å². The van der Waals surface area contributed by atoms with Crippen molar-refractivity contribution in [1.29, 1.82) is 0 Å². The van der Waals surface area contributed by atoms with Crippen molar-refractivity contribution < 1.29 is 4.79 Å². The van der Waals surface area contributed by atoms with Crippen LogP contribution >= 0.6 is 11.8 Å². The van der Waals surface area contributed by atoms with Crippen molar-refractivity contribution >= 4 is 23.4 Å². The lowest BCUT2D eigenvalue weighted by atomic mass is 10.2. The summed E-state index contributed by atoms with van der Waals surface area (Å²) in [4.78, 5) is 17.2. The molecule has 1 atom stereocenters. The molecule has 0 bridgehead atoms. The Hall–Kier alpha value is -3.46. The lowest BCUT2D eigenvalue weighted by Gasteiger charge is -2.15. The molecule has 1 amide bonds. The zero-order valence-electron chi connectivity index (χ0n) is 18.7. The zero-order valence-corrected chi connectivity index (χ0v) is 19.5. The van der Waals surface area contributed by atoms with Gasteiger partial charge in [-0.2, -0.15) is 5.10 Å². The van der Waals surface area contributed by atoms with Gasteiger partial charge in [-0.1, -0.05) is 30.0 Å². The summed E-state index contributed by atoms with van der Waals surface area (Å²) in [5.41, 5.74) is 5.35. The van der Waals surface area contributed by atoms with Gasteiger partial charge in [0.15, 0.2) is 11.0 Å². The number of aromatic nitrogens is 6. The molecule has 3 aromatic heterocycles. The van der Waals surface area contributed by atoms with Gasteiger partial charge < -0.3 is 5.32 Å². The third kappa shape index (κ3) is 4.16. The largest absolute Gasteiger partial charge is 0.322 e. The highest BCUT2D eigenvalue weighted by Gasteiger charge is 2.24. The maximum absolute atomic E-state index is 13.0. The molecule has 4 aromatic rings. The zero-order chi connectivity index (χ0) is 22.8. The number of carbonyl (C=O) groups is 1. The van der Waals surface area contributed by atoms with E-state index in [-0.39, 0.29) is 5.91 Å². The molecule has 0 aliphatic heterocycles. The van der Waals surface area contributed by atoms with E-state index in [1.165, 1.54) is 11.8 Å². The molecule has 32 heavy (non-hydrogen) atoms. The van der Waals surface area contributed by atoms with E-state index >= 15 is 0 Å². The van der Waals surface area contributed by atoms with Gasteiger partial charge in [-0.05, 0) is 51.5 Å². The molecule has 164 valence electrons. The maximum Gasteiger partial charge on any atom is 0.237 e. The highest BCUT2D eigenvalue weighted by Crippen LogP contribution is 2.31. The second kappa shape index (κ2) is 8.96. The summed E-state index contributed by atoms with van der Waals surface area (Å²) < 4.78 is 3.75. The van der Waals surface area contributed by atoms with Gasteiger partial charge >= 0.3 is 0 Å². The highest BCUT2D eigenvalue weighted by atomic mass is 32.2. The highest BCUT2D eigenvalue weighted by molar-refractivity contribution is 8.00. The number of benzene rings is 1. The maximum atomic E-state index is 13.0. The van der Waals surface area contributed by atoms with Gasteiger partial charge in [-0.3, -0.25) is 19.0 Å². The first-order chi connectivity index (χ1) is 15.4. The minimum absolute atomic E-state index is 0.114. The number of rotatable bonds is 6. The van der Waals surface area contributed by atoms with Crippen LogP contribution in [-0.4, -0.2) is 40.7 Å². The molecule has 4 rings (SSSR count). The van der Waals surface area contributed by atoms with Crippen molar-refractivity contribution in [1.82, 2.24) is 29.5 Å². The molecule has 0 radical (unpaired) electrons. The van der Waals surface area contributed by atoms with Crippen LogP contribution in [0.15, 0.2) is 53.9 Å². The van der Waals surface area contributed by atoms with Gasteiger partial charge in [0, 0.05) is 25.0 Å². The van der Waals surface area contributed by atoms with Gasteiger partial charge in [0.1, 0.15) is 0 Å². The SMILES string of the molecule is Cc1ccccc1-n1c(SC(C)C(=O)Nc2c(C)nn(C)c2C)nnc1-c1cccnc1. The molecule has 1 unspecified atom stereocenters. The lowest BCUT2D eigenvalue weighted by molar-refractivity contribution is -0.115. The average Bonchev–Trinajstić information content (AvgIpc) is 3.30. The Bertz CT molecular complexity index is 1260. The minimum atomic E-state index is -0.400. The fraction of sp³-hybridized carbons (Fsp3) is 0.261. The molecule has 1 N–H and O–H groups in total. The third-order valence-electron chi connectivity index (χ3n) is 5.32. The first-order valence-corrected chi connectivity index (χ1v) is 11.1. The molecular weight excluding hydrogens is 422 g/mol. The number of amides is 1. The van der Waals surface area contributed by atoms with Crippen LogP contribution in [0, 0.1) is 20.8 Å². The number of aryl methyl sites for hydroxylation is 3. The van der Waals surface area contributed by atoms with Crippen LogP contribution in [0.25, 0.3) is 17.1 Å². The smallest absolute Gasteiger partial charge is 0.237 e. The van der Waals surface area contributed by atoms with Crippen molar-refractivity contribution in [3.05, 3.63) is 65.7 Å². The summed E-state index contributed by atoms with van der Waals surface area (Å²) in [7, 11) is 1.86. The third-order valence-corrected chi connectivity index (χ3v) is 6.36. The Morgan fingerprint density at radius 2 is 1.88 bits per heavy atom. The van der Waals surface area contributed by atoms with Gasteiger partial charge in [0.25, 0.3) is 0 Å². The number of para-hydroxylation sites is 1. The van der Waals surface area contributed by atoms with Crippen LogP contribution in [0.1, 0.15) is 23.9 Å². The van der Waals surface area contributed by atoms with Crippen molar-refractivity contribution in [3.8, 4) is 17.1 Å². The Morgan fingerprint density at radius 1 is 1.09 bits per heavy atom. The summed E-state index contributed by atoms with van der Waals surface area (Å²) in [6, 6.07) is 11.9. The van der Waals surface area contributed by atoms with E-state index in [2.05, 4.69) is 25.6 Å². The summed E-state index contributed by atoms with van der Waals surface area (Å²) in [6.45, 7) is 7.72. The molecule has 0 fully saturated rings. The van der Waals surface area contributed by atoms with Gasteiger partial charge in [-0.15, -0.1) is 10.2 Å². The number of anilines is 1. The molecule has 9 heteroatoms. The van der Waals surface area contributed by atoms with E-state index in [9.17, 15) is 4.79 Å². The van der Waals surface area contributed by atoms with E-state index in [0.29, 0.717) is 11.0 Å². The molecule has 0 spiro atoms. The van der Waals surface area contributed by atoms with E-state index < -0.39 is 5.25 Å². The van der Waals surface area contributed by atoms with E-state index in [1.54, 1.807) is 17.1 Å². The number of nitrogens with one attached hydrogen (secondary N) is 1. The summed E-state index contributed by atoms with van der Waals surface area (Å²) in [5.74, 6) is 0.568. The second-order valence-electron chi connectivity index (χ2n) is 7.59. The number of nitrogens with zero attached hydrogens (tertiary/aromatic N) is 6. The topological polar surface area (TPSA) is 90.5 Å². The first-order valence-electron chi connectivity index (χ1n) is 10.3. The fourth-order valence-corrected chi connectivity index (χ4v) is 4.31. The molecule has 0 aliphatic carbocycles. The summed E-state index contributed by atoms with van der Waals surface area (Å²) in [5, 5.41) is 16.5. The normalized spacial score (nSPS) is 12.0. The first kappa shape index (κ1) is 21.8. The minimum Gasteiger partial charge on any atom is -0.322 e. The molecule has 1 aromatic carbocycles. The standard InChI is InChI=1S/C23H25N7OS/c1-14-9-6-7-11-19(14)30-21(18-10-8-12-24-13-18)26-27-23(30)32-17(4)22(31)25-20-15(2)28-29(5)16(20)3/h6-13,17H,1-5H3,(H,25,31). The number of hydrogen-bond donors (Lipinski definition) is 1. The Balaban J connectivity index is 1.67. The van der Waals surface area contributed by atoms with E-state index in [0.717, 1.165) is 33.9 Å². The number of pyridine rings is 1. The van der Waals surface area contributed by atoms with Crippen molar-refractivity contribution in [3.63, 3.8) is 0 Å². The molecule has 8 nitrogen and oxygen atoms in total. The van der Waals surface area contributed by atoms with E-state index in [1.807, 2.05) is 75.7 Å². The van der Waals surface area contributed by atoms with Crippen molar-refractivity contribution in [2.75, 3.05) is 5.32 Å². The lowest BCUT2D eigenvalue weighted by Crippen LogP contribution is -2.23. The molecule has 0 saturated heterocycles. The second-order valence-corrected chi connectivity index (χ2v) is 8.90. The average molecular weight is 448 g/mol. The fourth-order valence-electron chi connectivity index (χ4n) is 3.45. The molecule has 3 heterocycles. The van der Waals surface area contributed by atoms with Crippen LogP contribution in [-0.2, 0) is 11.8 Å². The Labute approximate surface area is 191 Å². The van der Waals surface area contributed by atoms with Gasteiger partial charge in [0.2, 0.25) is 5.91 Å². The molecular formula is C23H25N7OS. The predicted octanol–water partition coefficient (Wildman–Crippen LogP) is 4.11. The molecule has 0 aliphatic rings. The van der Waals surface area contributed by atoms with Gasteiger partial charge in [0.05, 0.1) is 28.0 Å². The van der Waals surface area contributed by atoms with Crippen LogP contribution in [0.4, 0.5) is 5.69 Å². The van der Waals surface area contributed by atoms with Crippen LogP contribution < -0.4 is 5.32 Å². The van der Waals surface area contributed by atoms with Crippen LogP contribution in [0.3, 0.4) is 0 Å². The van der Waals surface area contributed by atoms with E-state index in [4.69, 9.17) is 0 Å². The quantitative estimate of drug-likeness (QED) is 0.448. The number of thioether (sulfide) groups is 1. The predicted molar refractivity (Wildman–Crippen MR) is 126 cm³/mol. The monoisotopic (exact) mass is 447 g/mol. The van der Waals surface area contributed by atoms with Crippen molar-refractivity contribution in [2.45, 2.75) is 38.1 Å².